The summed E-state index contributed by atoms with van der Waals surface area (Å²) in [7, 11) is 0. The van der Waals surface area contributed by atoms with E-state index in [2.05, 4.69) is 16.1 Å². The molecule has 1 heterocycles. The number of esters is 3. The van der Waals surface area contributed by atoms with E-state index in [0.717, 1.165) is 26.7 Å². The van der Waals surface area contributed by atoms with Gasteiger partial charge in [-0.05, 0) is 12.8 Å². The van der Waals surface area contributed by atoms with Crippen molar-refractivity contribution >= 4 is 29.7 Å². The van der Waals surface area contributed by atoms with Crippen LogP contribution in [0.1, 0.15) is 60.3 Å². The lowest BCUT2D eigenvalue weighted by molar-refractivity contribution is -0.292. The molecule has 1 aliphatic rings. The fourth-order valence-electron chi connectivity index (χ4n) is 3.35. The Morgan fingerprint density at radius 3 is 2.09 bits per heavy atom. The molecule has 0 bridgehead atoms. The number of rotatable bonds is 14. The normalized spacial score (nSPS) is 23.6. The van der Waals surface area contributed by atoms with Crippen LogP contribution in [0.2, 0.25) is 0 Å². The first kappa shape index (κ1) is 30.3. The summed E-state index contributed by atoms with van der Waals surface area (Å²) < 4.78 is 21.6. The molecule has 5 atom stereocenters. The van der Waals surface area contributed by atoms with Gasteiger partial charge in [0.15, 0.2) is 12.2 Å². The van der Waals surface area contributed by atoms with E-state index in [0.29, 0.717) is 13.0 Å². The largest absolute Gasteiger partial charge is 0.463 e. The third kappa shape index (κ3) is 12.0. The van der Waals surface area contributed by atoms with Crippen molar-refractivity contribution < 1.29 is 47.8 Å². The molecular weight excluding hydrogens is 466 g/mol. The minimum absolute atomic E-state index is 0.0779. The molecule has 1 rings (SSSR count). The topological polar surface area (TPSA) is 168 Å². The van der Waals surface area contributed by atoms with Crippen LogP contribution < -0.4 is 16.1 Å². The minimum atomic E-state index is -1.21. The number of ether oxygens (including phenoxy) is 4. The van der Waals surface area contributed by atoms with Gasteiger partial charge in [-0.25, -0.2) is 0 Å². The summed E-state index contributed by atoms with van der Waals surface area (Å²) in [6.07, 6.45) is -2.05. The molecule has 13 heteroatoms. The average Bonchev–Trinajstić information content (AvgIpc) is 2.75. The lowest BCUT2D eigenvalue weighted by atomic mass is 9.96. The Morgan fingerprint density at radius 1 is 0.857 bits per heavy atom. The van der Waals surface area contributed by atoms with Crippen LogP contribution in [0.5, 0.6) is 0 Å². The maximum atomic E-state index is 11.9. The van der Waals surface area contributed by atoms with E-state index >= 15 is 0 Å². The lowest BCUT2D eigenvalue weighted by Gasteiger charge is -2.44. The molecule has 5 unspecified atom stereocenters. The summed E-state index contributed by atoms with van der Waals surface area (Å²) in [4.78, 5) is 64.2. The van der Waals surface area contributed by atoms with Gasteiger partial charge in [-0.3, -0.25) is 28.8 Å². The molecule has 0 radical (unpaired) electrons. The number of nitrogens with one attached hydrogen (secondary N) is 3. The molecule has 0 aromatic heterocycles. The van der Waals surface area contributed by atoms with E-state index in [1.165, 1.54) is 13.8 Å². The van der Waals surface area contributed by atoms with Crippen molar-refractivity contribution in [1.82, 2.24) is 16.1 Å². The molecule has 1 saturated heterocycles. The van der Waals surface area contributed by atoms with Crippen molar-refractivity contribution in [2.75, 3.05) is 19.7 Å². The lowest BCUT2D eigenvalue weighted by Crippen LogP contribution is -2.67. The van der Waals surface area contributed by atoms with Crippen molar-refractivity contribution in [3.8, 4) is 0 Å². The molecule has 13 nitrogen and oxygen atoms in total. The van der Waals surface area contributed by atoms with E-state index in [-0.39, 0.29) is 25.5 Å². The molecule has 1 aliphatic heterocycles. The van der Waals surface area contributed by atoms with Gasteiger partial charge < -0.3 is 29.6 Å². The zero-order chi connectivity index (χ0) is 26.4. The quantitative estimate of drug-likeness (QED) is 0.125. The van der Waals surface area contributed by atoms with Crippen molar-refractivity contribution in [3.63, 3.8) is 0 Å². The van der Waals surface area contributed by atoms with Crippen LogP contribution in [-0.4, -0.2) is 80.1 Å². The van der Waals surface area contributed by atoms with Gasteiger partial charge in [0.2, 0.25) is 18.1 Å². The number of hydrogen-bond donors (Lipinski definition) is 3. The summed E-state index contributed by atoms with van der Waals surface area (Å²) in [5.74, 6) is -2.55. The molecule has 2 amide bonds. The second-order valence-corrected chi connectivity index (χ2v) is 8.04. The smallest absolute Gasteiger partial charge is 0.303 e. The van der Waals surface area contributed by atoms with Gasteiger partial charge in [0.25, 0.3) is 0 Å². The van der Waals surface area contributed by atoms with E-state index in [9.17, 15) is 24.0 Å². The summed E-state index contributed by atoms with van der Waals surface area (Å²) in [6.45, 7) is 7.36. The monoisotopic (exact) mass is 503 g/mol. The highest BCUT2D eigenvalue weighted by Gasteiger charge is 2.51. The molecule has 0 aliphatic carbocycles. The van der Waals surface area contributed by atoms with Crippen LogP contribution in [0.15, 0.2) is 0 Å². The van der Waals surface area contributed by atoms with Gasteiger partial charge in [0.05, 0.1) is 0 Å². The van der Waals surface area contributed by atoms with Gasteiger partial charge in [0, 0.05) is 47.2 Å². The number of carbonyl (C=O) groups excluding carboxylic acids is 5. The zero-order valence-electron chi connectivity index (χ0n) is 20.9. The maximum Gasteiger partial charge on any atom is 0.303 e. The van der Waals surface area contributed by atoms with Crippen LogP contribution in [0, 0.1) is 0 Å². The van der Waals surface area contributed by atoms with Gasteiger partial charge in [-0.2, -0.15) is 5.48 Å². The van der Waals surface area contributed by atoms with Crippen molar-refractivity contribution in [1.29, 1.82) is 0 Å². The molecule has 0 saturated carbocycles. The zero-order valence-corrected chi connectivity index (χ0v) is 20.9. The van der Waals surface area contributed by atoms with Crippen LogP contribution >= 0.6 is 0 Å². The number of amides is 2. The molecule has 0 spiro atoms. The van der Waals surface area contributed by atoms with E-state index in [1.807, 2.05) is 6.92 Å². The van der Waals surface area contributed by atoms with Crippen molar-refractivity contribution in [2.24, 2.45) is 0 Å². The highest BCUT2D eigenvalue weighted by molar-refractivity contribution is 5.75. The molecular formula is C22H37N3O10. The fourth-order valence-corrected chi connectivity index (χ4v) is 3.35. The predicted molar refractivity (Wildman–Crippen MR) is 120 cm³/mol. The van der Waals surface area contributed by atoms with Gasteiger partial charge in [-0.15, -0.1) is 0 Å². The number of unbranched alkanes of at least 4 members (excludes halogenated alkanes) is 1. The summed E-state index contributed by atoms with van der Waals surface area (Å²) in [5.41, 5.74) is 2.68. The van der Waals surface area contributed by atoms with Crippen LogP contribution in [0.3, 0.4) is 0 Å². The standard InChI is InChI=1S/C22H37N3O10/c1-6-7-10-23-18(30)9-8-11-24-35-22-19(25-13(2)26)21(33-16(5)29)20(32-15(4)28)17(34-22)12-31-14(3)27/h17,19-22,24H,6-12H2,1-5H3,(H,23,30)(H,25,26). The van der Waals surface area contributed by atoms with E-state index in [4.69, 9.17) is 23.8 Å². The minimum Gasteiger partial charge on any atom is -0.463 e. The third-order valence-corrected chi connectivity index (χ3v) is 4.81. The van der Waals surface area contributed by atoms with E-state index < -0.39 is 54.5 Å². The molecule has 1 fully saturated rings. The van der Waals surface area contributed by atoms with Crippen LogP contribution in [0.4, 0.5) is 0 Å². The summed E-state index contributed by atoms with van der Waals surface area (Å²) in [6, 6.07) is -1.07. The van der Waals surface area contributed by atoms with Crippen molar-refractivity contribution in [3.05, 3.63) is 0 Å². The Kier molecular flexibility index (Phi) is 13.8. The Morgan fingerprint density at radius 2 is 1.51 bits per heavy atom. The van der Waals surface area contributed by atoms with Gasteiger partial charge >= 0.3 is 17.9 Å². The Labute approximate surface area is 204 Å². The maximum absolute atomic E-state index is 11.9. The Hall–Kier alpha value is -2.77. The van der Waals surface area contributed by atoms with Crippen molar-refractivity contribution in [2.45, 2.75) is 90.9 Å². The van der Waals surface area contributed by atoms with Crippen LogP contribution in [-0.2, 0) is 47.8 Å². The molecule has 0 aromatic rings. The van der Waals surface area contributed by atoms with E-state index in [1.54, 1.807) is 0 Å². The average molecular weight is 504 g/mol. The number of hydrogen-bond acceptors (Lipinski definition) is 11. The predicted octanol–water partition coefficient (Wildman–Crippen LogP) is -0.140. The first-order chi connectivity index (χ1) is 16.5. The Bertz CT molecular complexity index is 732. The summed E-state index contributed by atoms with van der Waals surface area (Å²) in [5, 5.41) is 5.41. The second-order valence-electron chi connectivity index (χ2n) is 8.04. The van der Waals surface area contributed by atoms with Gasteiger partial charge in [-0.1, -0.05) is 13.3 Å². The molecule has 0 aromatic carbocycles. The second kappa shape index (κ2) is 16.0. The Balaban J connectivity index is 2.92. The van der Waals surface area contributed by atoms with Crippen LogP contribution in [0.25, 0.3) is 0 Å². The highest BCUT2D eigenvalue weighted by atomic mass is 16.8. The highest BCUT2D eigenvalue weighted by Crippen LogP contribution is 2.27. The number of carbonyl (C=O) groups is 5. The fraction of sp³-hybridized carbons (Fsp3) is 0.773. The molecule has 200 valence electrons. The SMILES string of the molecule is CCCCNC(=O)CCCNOC1OC(COC(C)=O)C(OC(C)=O)C(OC(C)=O)C1NC(C)=O. The first-order valence-corrected chi connectivity index (χ1v) is 11.6. The molecule has 3 N–H and O–H groups in total. The first-order valence-electron chi connectivity index (χ1n) is 11.6. The third-order valence-electron chi connectivity index (χ3n) is 4.81. The molecule has 35 heavy (non-hydrogen) atoms. The summed E-state index contributed by atoms with van der Waals surface area (Å²) >= 11 is 0. The van der Waals surface area contributed by atoms with Gasteiger partial charge in [0.1, 0.15) is 18.8 Å². The number of hydroxylamine groups is 1.